The number of halogens is 6. The Kier molecular flexibility index (Phi) is 3.66. The first kappa shape index (κ1) is 13.5. The summed E-state index contributed by atoms with van der Waals surface area (Å²) in [5.41, 5.74) is 0. The monoisotopic (exact) mass is 265 g/mol. The molecule has 2 unspecified atom stereocenters. The minimum Gasteiger partial charge on any atom is -0.346 e. The molecule has 2 atom stereocenters. The summed E-state index contributed by atoms with van der Waals surface area (Å²) >= 11 is 5.65. The summed E-state index contributed by atoms with van der Waals surface area (Å²) < 4.78 is 60.5. The lowest BCUT2D eigenvalue weighted by molar-refractivity contribution is -0.270. The van der Waals surface area contributed by atoms with E-state index in [1.165, 1.54) is 0 Å². The summed E-state index contributed by atoms with van der Waals surface area (Å²) in [6.45, 7) is 0. The molecule has 1 amide bonds. The van der Waals surface area contributed by atoms with Gasteiger partial charge in [0, 0.05) is 6.04 Å². The fraction of sp³-hybridized carbons (Fsp3) is 0.875. The molecule has 1 fully saturated rings. The second kappa shape index (κ2) is 4.35. The van der Waals surface area contributed by atoms with E-state index < -0.39 is 29.4 Å². The molecule has 0 heterocycles. The van der Waals surface area contributed by atoms with E-state index in [4.69, 9.17) is 11.6 Å². The number of carbonyl (C=O) groups excluding carboxylic acids is 1. The third-order valence-electron chi connectivity index (χ3n) is 2.39. The van der Waals surface area contributed by atoms with Crippen molar-refractivity contribution in [3.63, 3.8) is 0 Å². The van der Waals surface area contributed by atoms with E-state index in [2.05, 4.69) is 0 Å². The van der Waals surface area contributed by atoms with Gasteiger partial charge in [-0.1, -0.05) is 0 Å². The SMILES string of the molecule is O=C(NC1CCCC1Cl)C(F)(F)C(F)(F)F. The lowest BCUT2D eigenvalue weighted by Gasteiger charge is -2.22. The van der Waals surface area contributed by atoms with Crippen LogP contribution >= 0.6 is 11.6 Å². The summed E-state index contributed by atoms with van der Waals surface area (Å²) in [5, 5.41) is 1.04. The van der Waals surface area contributed by atoms with Gasteiger partial charge in [0.1, 0.15) is 0 Å². The quantitative estimate of drug-likeness (QED) is 0.603. The van der Waals surface area contributed by atoms with E-state index in [1.54, 1.807) is 5.32 Å². The average molecular weight is 266 g/mol. The zero-order chi connectivity index (χ0) is 12.6. The fourth-order valence-corrected chi connectivity index (χ4v) is 1.81. The van der Waals surface area contributed by atoms with Gasteiger partial charge >= 0.3 is 18.0 Å². The molecule has 8 heteroatoms. The van der Waals surface area contributed by atoms with Crippen molar-refractivity contribution >= 4 is 17.5 Å². The van der Waals surface area contributed by atoms with E-state index in [0.717, 1.165) is 0 Å². The van der Waals surface area contributed by atoms with Gasteiger partial charge in [0.2, 0.25) is 0 Å². The van der Waals surface area contributed by atoms with Crippen molar-refractivity contribution in [1.29, 1.82) is 0 Å². The van der Waals surface area contributed by atoms with Crippen LogP contribution in [0.2, 0.25) is 0 Å². The van der Waals surface area contributed by atoms with Crippen LogP contribution in [0.5, 0.6) is 0 Å². The number of carbonyl (C=O) groups is 1. The van der Waals surface area contributed by atoms with E-state index >= 15 is 0 Å². The van der Waals surface area contributed by atoms with E-state index in [0.29, 0.717) is 19.3 Å². The predicted molar refractivity (Wildman–Crippen MR) is 46.4 cm³/mol. The van der Waals surface area contributed by atoms with Gasteiger partial charge in [-0.25, -0.2) is 0 Å². The Balaban J connectivity index is 2.65. The topological polar surface area (TPSA) is 29.1 Å². The molecule has 0 aromatic rings. The number of alkyl halides is 6. The molecule has 1 saturated carbocycles. The van der Waals surface area contributed by atoms with Crippen LogP contribution in [0, 0.1) is 0 Å². The van der Waals surface area contributed by atoms with Gasteiger partial charge in [0.05, 0.1) is 5.38 Å². The molecule has 0 saturated heterocycles. The zero-order valence-corrected chi connectivity index (χ0v) is 8.71. The molecule has 1 aliphatic rings. The maximum atomic E-state index is 12.5. The predicted octanol–water partition coefficient (Wildman–Crippen LogP) is 2.46. The highest BCUT2D eigenvalue weighted by molar-refractivity contribution is 6.21. The Morgan fingerprint density at radius 2 is 1.75 bits per heavy atom. The number of amides is 1. The molecule has 2 nitrogen and oxygen atoms in total. The highest BCUT2D eigenvalue weighted by Crippen LogP contribution is 2.36. The van der Waals surface area contributed by atoms with Crippen LogP contribution in [0.25, 0.3) is 0 Å². The molecule has 0 aromatic heterocycles. The maximum absolute atomic E-state index is 12.5. The first-order valence-electron chi connectivity index (χ1n) is 4.56. The maximum Gasteiger partial charge on any atom is 0.463 e. The largest absolute Gasteiger partial charge is 0.463 e. The van der Waals surface area contributed by atoms with Crippen molar-refractivity contribution in [2.24, 2.45) is 0 Å². The third kappa shape index (κ3) is 2.56. The summed E-state index contributed by atoms with van der Waals surface area (Å²) in [4.78, 5) is 10.8. The molecule has 1 rings (SSSR count). The van der Waals surface area contributed by atoms with Crippen LogP contribution in [0.3, 0.4) is 0 Å². The van der Waals surface area contributed by atoms with Gasteiger partial charge in [-0.2, -0.15) is 22.0 Å². The van der Waals surface area contributed by atoms with E-state index in [9.17, 15) is 26.7 Å². The van der Waals surface area contributed by atoms with Gasteiger partial charge in [-0.15, -0.1) is 11.6 Å². The van der Waals surface area contributed by atoms with Crippen LogP contribution in [-0.4, -0.2) is 29.4 Å². The molecule has 94 valence electrons. The van der Waals surface area contributed by atoms with Gasteiger partial charge in [0.25, 0.3) is 0 Å². The number of hydrogen-bond donors (Lipinski definition) is 1. The van der Waals surface area contributed by atoms with Gasteiger partial charge < -0.3 is 5.32 Å². The van der Waals surface area contributed by atoms with Crippen molar-refractivity contribution < 1.29 is 26.7 Å². The molecule has 16 heavy (non-hydrogen) atoms. The molecule has 0 spiro atoms. The third-order valence-corrected chi connectivity index (χ3v) is 2.91. The average Bonchev–Trinajstić information content (AvgIpc) is 2.49. The normalized spacial score (nSPS) is 26.9. The Bertz CT molecular complexity index is 280. The first-order valence-corrected chi connectivity index (χ1v) is 4.99. The standard InChI is InChI=1S/C8H9ClF5NO/c9-4-2-1-3-5(4)15-6(16)7(10,11)8(12,13)14/h4-5H,1-3H2,(H,15,16). The highest BCUT2D eigenvalue weighted by Gasteiger charge is 2.63. The summed E-state index contributed by atoms with van der Waals surface area (Å²) in [5.74, 6) is -7.70. The zero-order valence-electron chi connectivity index (χ0n) is 7.95. The van der Waals surface area contributed by atoms with Crippen LogP contribution < -0.4 is 5.32 Å². The van der Waals surface area contributed by atoms with Crippen molar-refractivity contribution in [3.05, 3.63) is 0 Å². The Hall–Kier alpha value is -0.590. The van der Waals surface area contributed by atoms with Gasteiger partial charge in [-0.05, 0) is 19.3 Å². The minimum absolute atomic E-state index is 0.313. The molecular weight excluding hydrogens is 257 g/mol. The molecule has 0 aromatic carbocycles. The number of hydrogen-bond acceptors (Lipinski definition) is 1. The number of rotatable bonds is 2. The smallest absolute Gasteiger partial charge is 0.346 e. The fourth-order valence-electron chi connectivity index (χ4n) is 1.47. The Labute approximate surface area is 93.1 Å². The first-order chi connectivity index (χ1) is 7.16. The lowest BCUT2D eigenvalue weighted by atomic mass is 10.2. The van der Waals surface area contributed by atoms with Crippen molar-refractivity contribution in [3.8, 4) is 0 Å². The van der Waals surface area contributed by atoms with Gasteiger partial charge in [0.15, 0.2) is 0 Å². The molecule has 1 aliphatic carbocycles. The van der Waals surface area contributed by atoms with Crippen molar-refractivity contribution in [2.45, 2.75) is 42.8 Å². The number of nitrogens with one attached hydrogen (secondary N) is 1. The van der Waals surface area contributed by atoms with Crippen LogP contribution in [0.1, 0.15) is 19.3 Å². The molecule has 0 aliphatic heterocycles. The Morgan fingerprint density at radius 1 is 1.19 bits per heavy atom. The van der Waals surface area contributed by atoms with Crippen LogP contribution in [0.4, 0.5) is 22.0 Å². The summed E-state index contributed by atoms with van der Waals surface area (Å²) in [6.07, 6.45) is -4.48. The second-order valence-electron chi connectivity index (χ2n) is 3.60. The van der Waals surface area contributed by atoms with Crippen LogP contribution in [-0.2, 0) is 4.79 Å². The summed E-state index contributed by atoms with van der Waals surface area (Å²) in [6, 6.07) is -0.817. The molecule has 1 N–H and O–H groups in total. The van der Waals surface area contributed by atoms with Crippen molar-refractivity contribution in [1.82, 2.24) is 5.32 Å². The highest BCUT2D eigenvalue weighted by atomic mass is 35.5. The van der Waals surface area contributed by atoms with Crippen LogP contribution in [0.15, 0.2) is 0 Å². The van der Waals surface area contributed by atoms with Gasteiger partial charge in [-0.3, -0.25) is 4.79 Å². The minimum atomic E-state index is -5.88. The van der Waals surface area contributed by atoms with E-state index in [1.807, 2.05) is 0 Å². The second-order valence-corrected chi connectivity index (χ2v) is 4.16. The van der Waals surface area contributed by atoms with E-state index in [-0.39, 0.29) is 0 Å². The molecule has 0 bridgehead atoms. The Morgan fingerprint density at radius 3 is 2.12 bits per heavy atom. The summed E-state index contributed by atoms with van der Waals surface area (Å²) in [7, 11) is 0. The molecular formula is C8H9ClF5NO. The molecule has 0 radical (unpaired) electrons. The lowest BCUT2D eigenvalue weighted by Crippen LogP contribution is -2.53. The van der Waals surface area contributed by atoms with Crippen molar-refractivity contribution in [2.75, 3.05) is 0 Å².